The number of rotatable bonds is 6. The van der Waals surface area contributed by atoms with E-state index in [4.69, 9.17) is 4.42 Å². The van der Waals surface area contributed by atoms with E-state index in [1.54, 1.807) is 0 Å². The standard InChI is InChI=1S/C74H78BN3O/c1-46-22-20-21-27-60(46)76(50-25-18-15-19-26-50)52-41-63-66-64(42-52)78(61-32-28-48(69(2,3)4)38-53(61)47-23-16-14-17-24-47)62-33-29-49(70(5,6)7)39-59(62)75(66)68-67(54-43-57-58(44-65(54)79-68)74(13)37-36-73(57,12)45-74)77(63)51-30-31-55-56(40-51)72(10,11)35-34-71(55,8)9/h14-16,18-23,25-33,38-44H,17,24,34-37,45H2,1-13H3. The average Bonchev–Trinajstić information content (AvgIpc) is 3.58. The summed E-state index contributed by atoms with van der Waals surface area (Å²) in [6.07, 6.45) is 14.9. The third kappa shape index (κ3) is 7.60. The Bertz CT molecular complexity index is 3930. The van der Waals surface area contributed by atoms with E-state index in [0.717, 1.165) is 47.6 Å². The number of furan rings is 1. The number of hydrogen-bond acceptors (Lipinski definition) is 4. The van der Waals surface area contributed by atoms with Gasteiger partial charge in [-0.25, -0.2) is 0 Å². The second-order valence-corrected chi connectivity index (χ2v) is 28.6. The molecule has 1 fully saturated rings. The number of anilines is 9. The molecule has 6 aliphatic rings. The van der Waals surface area contributed by atoms with Gasteiger partial charge in [0.15, 0.2) is 0 Å². The molecule has 8 aromatic rings. The minimum absolute atomic E-state index is 0.00149. The molecular weight excluding hydrogens is 958 g/mol. The van der Waals surface area contributed by atoms with Gasteiger partial charge >= 0.3 is 0 Å². The minimum Gasteiger partial charge on any atom is -0.468 e. The maximum atomic E-state index is 7.83. The van der Waals surface area contributed by atoms with Gasteiger partial charge in [-0.15, -0.1) is 0 Å². The number of benzene rings is 7. The summed E-state index contributed by atoms with van der Waals surface area (Å²) < 4.78 is 7.83. The van der Waals surface area contributed by atoms with Crippen LogP contribution >= 0.6 is 0 Å². The number of aryl methyl sites for hydroxylation is 1. The van der Waals surface area contributed by atoms with Crippen LogP contribution in [-0.2, 0) is 32.5 Å². The molecule has 79 heavy (non-hydrogen) atoms. The molecule has 0 spiro atoms. The van der Waals surface area contributed by atoms with Crippen LogP contribution in [0.15, 0.2) is 156 Å². The molecule has 3 heterocycles. The zero-order valence-corrected chi connectivity index (χ0v) is 49.2. The summed E-state index contributed by atoms with van der Waals surface area (Å²) in [4.78, 5) is 7.86. The van der Waals surface area contributed by atoms with Crippen molar-refractivity contribution in [1.29, 1.82) is 0 Å². The fourth-order valence-corrected chi connectivity index (χ4v) is 15.5. The summed E-state index contributed by atoms with van der Waals surface area (Å²) in [6, 6.07) is 52.5. The summed E-state index contributed by atoms with van der Waals surface area (Å²) in [5.74, 6) is 0. The van der Waals surface area contributed by atoms with E-state index in [9.17, 15) is 0 Å². The third-order valence-electron chi connectivity index (χ3n) is 20.1. The highest BCUT2D eigenvalue weighted by Gasteiger charge is 2.54. The first kappa shape index (κ1) is 50.3. The Labute approximate surface area is 471 Å². The van der Waals surface area contributed by atoms with Crippen molar-refractivity contribution in [3.8, 4) is 0 Å². The summed E-state index contributed by atoms with van der Waals surface area (Å²) in [5, 5.41) is 1.22. The molecule has 5 heteroatoms. The van der Waals surface area contributed by atoms with Crippen LogP contribution in [0.5, 0.6) is 0 Å². The summed E-state index contributed by atoms with van der Waals surface area (Å²) in [5.41, 5.74) is 27.8. The maximum absolute atomic E-state index is 7.83. The van der Waals surface area contributed by atoms with Crippen LogP contribution in [0, 0.1) is 6.92 Å². The van der Waals surface area contributed by atoms with Gasteiger partial charge in [0.2, 0.25) is 0 Å². The quantitative estimate of drug-likeness (QED) is 0.155. The maximum Gasteiger partial charge on any atom is 0.297 e. The number of allylic oxidation sites excluding steroid dienone is 4. The highest BCUT2D eigenvalue weighted by atomic mass is 16.3. The van der Waals surface area contributed by atoms with Crippen molar-refractivity contribution in [3.05, 3.63) is 196 Å². The van der Waals surface area contributed by atoms with E-state index in [1.807, 2.05) is 0 Å². The van der Waals surface area contributed by atoms with Crippen LogP contribution in [-0.4, -0.2) is 6.71 Å². The van der Waals surface area contributed by atoms with Gasteiger partial charge in [-0.05, 0) is 213 Å². The Morgan fingerprint density at radius 3 is 1.90 bits per heavy atom. The molecule has 1 saturated carbocycles. The van der Waals surface area contributed by atoms with Crippen LogP contribution in [0.3, 0.4) is 0 Å². The van der Waals surface area contributed by atoms with Crippen molar-refractivity contribution in [2.24, 2.45) is 0 Å². The van der Waals surface area contributed by atoms with Crippen LogP contribution in [0.2, 0.25) is 0 Å². The lowest BCUT2D eigenvalue weighted by Gasteiger charge is -2.45. The van der Waals surface area contributed by atoms with Crippen LogP contribution in [0.25, 0.3) is 16.5 Å². The lowest BCUT2D eigenvalue weighted by atomic mass is 9.35. The molecule has 2 bridgehead atoms. The highest BCUT2D eigenvalue weighted by Crippen LogP contribution is 2.62. The topological polar surface area (TPSA) is 22.9 Å². The van der Waals surface area contributed by atoms with Crippen molar-refractivity contribution in [1.82, 2.24) is 0 Å². The van der Waals surface area contributed by atoms with Gasteiger partial charge in [0.05, 0.1) is 22.7 Å². The average molecular weight is 1040 g/mol. The highest BCUT2D eigenvalue weighted by molar-refractivity contribution is 7.00. The lowest BCUT2D eigenvalue weighted by molar-refractivity contribution is 0.332. The first-order valence-electron chi connectivity index (χ1n) is 29.6. The van der Waals surface area contributed by atoms with E-state index in [-0.39, 0.29) is 39.2 Å². The van der Waals surface area contributed by atoms with Crippen molar-refractivity contribution in [2.45, 2.75) is 167 Å². The molecule has 0 amide bonds. The first-order chi connectivity index (χ1) is 37.5. The molecule has 398 valence electrons. The predicted molar refractivity (Wildman–Crippen MR) is 337 cm³/mol. The zero-order valence-electron chi connectivity index (χ0n) is 49.2. The third-order valence-corrected chi connectivity index (χ3v) is 20.1. The van der Waals surface area contributed by atoms with Crippen LogP contribution in [0.4, 0.5) is 51.2 Å². The molecule has 4 nitrogen and oxygen atoms in total. The lowest BCUT2D eigenvalue weighted by Crippen LogP contribution is -2.61. The molecule has 7 aromatic carbocycles. The number of nitrogens with zero attached hydrogens (tertiary/aromatic N) is 3. The molecule has 0 N–H and O–H groups in total. The SMILES string of the molecule is Cc1ccccc1N(c1ccccc1)c1cc2c3c(c1)N(c1ccc4c(c1)C(C)(C)CCC4(C)C)c1c(oc4cc5c(cc14)C1(C)CCC5(C)C1)B3c1cc(C(C)(C)C)ccc1N2c1ccc(C(C)(C)C)cc1C1=CC=CCC1. The second-order valence-electron chi connectivity index (χ2n) is 28.6. The van der Waals surface area contributed by atoms with Gasteiger partial charge in [0.1, 0.15) is 5.58 Å². The molecule has 2 atom stereocenters. The fraction of sp³-hybridized carbons (Fsp3) is 0.351. The largest absolute Gasteiger partial charge is 0.468 e. The van der Waals surface area contributed by atoms with Gasteiger partial charge in [-0.3, -0.25) is 0 Å². The summed E-state index contributed by atoms with van der Waals surface area (Å²) >= 11 is 0. The van der Waals surface area contributed by atoms with Crippen molar-refractivity contribution >= 4 is 91.0 Å². The molecule has 2 aliphatic heterocycles. The predicted octanol–water partition coefficient (Wildman–Crippen LogP) is 18.7. The van der Waals surface area contributed by atoms with E-state index in [2.05, 4.69) is 256 Å². The molecule has 1 aromatic heterocycles. The molecule has 2 unspecified atom stereocenters. The molecule has 0 saturated heterocycles. The molecule has 14 rings (SSSR count). The Morgan fingerprint density at radius 2 is 1.22 bits per heavy atom. The van der Waals surface area contributed by atoms with Crippen molar-refractivity contribution in [3.63, 3.8) is 0 Å². The van der Waals surface area contributed by atoms with Crippen molar-refractivity contribution < 1.29 is 4.42 Å². The van der Waals surface area contributed by atoms with Crippen molar-refractivity contribution in [2.75, 3.05) is 14.7 Å². The first-order valence-corrected chi connectivity index (χ1v) is 29.6. The van der Waals surface area contributed by atoms with Gasteiger partial charge in [0.25, 0.3) is 6.71 Å². The Morgan fingerprint density at radius 1 is 0.570 bits per heavy atom. The normalized spacial score (nSPS) is 21.1. The number of hydrogen-bond donors (Lipinski definition) is 0. The number of fused-ring (bicyclic) bond motifs is 12. The monoisotopic (exact) mass is 1040 g/mol. The van der Waals surface area contributed by atoms with Gasteiger partial charge in [-0.1, -0.05) is 162 Å². The van der Waals surface area contributed by atoms with E-state index < -0.39 is 0 Å². The van der Waals surface area contributed by atoms with Crippen LogP contribution < -0.4 is 31.3 Å². The summed E-state index contributed by atoms with van der Waals surface area (Å²) in [7, 11) is 0. The second kappa shape index (κ2) is 17.0. The Balaban J connectivity index is 1.16. The summed E-state index contributed by atoms with van der Waals surface area (Å²) in [6.45, 7) is 31.1. The fourth-order valence-electron chi connectivity index (χ4n) is 15.5. The van der Waals surface area contributed by atoms with E-state index >= 15 is 0 Å². The molecular formula is C74H78BN3O. The Hall–Kier alpha value is -6.98. The Kier molecular flexibility index (Phi) is 10.8. The zero-order chi connectivity index (χ0) is 54.9. The van der Waals surface area contributed by atoms with Gasteiger partial charge in [0, 0.05) is 45.1 Å². The van der Waals surface area contributed by atoms with E-state index in [0.29, 0.717) is 0 Å². The molecule has 4 aliphatic carbocycles. The van der Waals surface area contributed by atoms with Gasteiger partial charge < -0.3 is 19.1 Å². The minimum atomic E-state index is -0.199. The van der Waals surface area contributed by atoms with E-state index in [1.165, 1.54) is 126 Å². The number of para-hydroxylation sites is 2. The van der Waals surface area contributed by atoms with Gasteiger partial charge in [-0.2, -0.15) is 0 Å². The molecule has 0 radical (unpaired) electrons. The van der Waals surface area contributed by atoms with Crippen LogP contribution in [0.1, 0.15) is 173 Å². The smallest absolute Gasteiger partial charge is 0.297 e.